The molecule has 12 heteroatoms. The number of hydrogen-bond donors (Lipinski definition) is 1. The Morgan fingerprint density at radius 1 is 1.04 bits per heavy atom. The Labute approximate surface area is 280 Å². The van der Waals surface area contributed by atoms with Gasteiger partial charge < -0.3 is 14.7 Å². The van der Waals surface area contributed by atoms with Crippen LogP contribution in [0.3, 0.4) is 0 Å². The molecule has 10 nitrogen and oxygen atoms in total. The second kappa shape index (κ2) is 13.6. The topological polar surface area (TPSA) is 97.8 Å². The van der Waals surface area contributed by atoms with Crippen LogP contribution in [0.1, 0.15) is 77.3 Å². The predicted octanol–water partition coefficient (Wildman–Crippen LogP) is 5.03. The minimum atomic E-state index is -0.540. The maximum Gasteiger partial charge on any atom is 0.327 e. The van der Waals surface area contributed by atoms with Crippen LogP contribution in [0.2, 0.25) is 0 Å². The van der Waals surface area contributed by atoms with E-state index in [1.165, 1.54) is 17.8 Å². The fourth-order valence-corrected chi connectivity index (χ4v) is 8.65. The number of carbonyl (C=O) groups is 2. The van der Waals surface area contributed by atoms with Crippen molar-refractivity contribution in [1.82, 2.24) is 29.2 Å². The van der Waals surface area contributed by atoms with Crippen LogP contribution >= 0.6 is 11.8 Å². The number of para-hydroxylation sites is 1. The highest BCUT2D eigenvalue weighted by Crippen LogP contribution is 2.48. The molecule has 2 amide bonds. The number of piperazine rings is 1. The fourth-order valence-electron chi connectivity index (χ4n) is 7.16. The number of hydrogen-bond acceptors (Lipinski definition) is 7. The third-order valence-electron chi connectivity index (χ3n) is 9.91. The number of aromatic nitrogens is 3. The van der Waals surface area contributed by atoms with Gasteiger partial charge in [-0.3, -0.25) is 24.0 Å². The summed E-state index contributed by atoms with van der Waals surface area (Å²) in [6.45, 7) is 15.6. The van der Waals surface area contributed by atoms with Crippen LogP contribution in [0.25, 0.3) is 11.2 Å². The summed E-state index contributed by atoms with van der Waals surface area (Å²) in [7, 11) is 0. The highest BCUT2D eigenvalue weighted by molar-refractivity contribution is 8.01. The molecule has 1 aromatic carbocycles. The second-order valence-electron chi connectivity index (χ2n) is 14.6. The molecule has 5 heterocycles. The molecule has 1 N–H and O–H groups in total. The van der Waals surface area contributed by atoms with Gasteiger partial charge in [-0.25, -0.2) is 14.2 Å². The third-order valence-corrected chi connectivity index (χ3v) is 11.4. The Morgan fingerprint density at radius 3 is 2.45 bits per heavy atom. The summed E-state index contributed by atoms with van der Waals surface area (Å²) >= 11 is 1.49. The number of likely N-dealkylation sites (tertiary alicyclic amines) is 1. The van der Waals surface area contributed by atoms with Gasteiger partial charge in [0.25, 0.3) is 0 Å². The zero-order valence-corrected chi connectivity index (χ0v) is 29.1. The molecule has 254 valence electrons. The zero-order chi connectivity index (χ0) is 33.5. The highest BCUT2D eigenvalue weighted by Gasteiger charge is 2.44. The minimum absolute atomic E-state index is 0.00844. The molecule has 0 aliphatic carbocycles. The number of thioether (sulfide) groups is 1. The van der Waals surface area contributed by atoms with Crippen molar-refractivity contribution in [2.75, 3.05) is 50.7 Å². The average Bonchev–Trinajstić information content (AvgIpc) is 3.54. The number of halogens is 1. The third kappa shape index (κ3) is 7.09. The van der Waals surface area contributed by atoms with Crippen molar-refractivity contribution >= 4 is 40.4 Å². The lowest BCUT2D eigenvalue weighted by Crippen LogP contribution is -2.49. The van der Waals surface area contributed by atoms with E-state index in [1.807, 2.05) is 28.0 Å². The first-order chi connectivity index (χ1) is 22.4. The van der Waals surface area contributed by atoms with E-state index >= 15 is 4.39 Å². The molecule has 0 saturated carbocycles. The summed E-state index contributed by atoms with van der Waals surface area (Å²) in [6.07, 6.45) is 3.85. The molecule has 2 unspecified atom stereocenters. The number of nitrogens with one attached hydrogen (secondary N) is 1. The van der Waals surface area contributed by atoms with Gasteiger partial charge in [-0.1, -0.05) is 32.9 Å². The van der Waals surface area contributed by atoms with Gasteiger partial charge in [0.2, 0.25) is 11.8 Å². The smallest absolute Gasteiger partial charge is 0.327 e. The Morgan fingerprint density at radius 2 is 1.77 bits per heavy atom. The molecule has 0 radical (unpaired) electrons. The van der Waals surface area contributed by atoms with E-state index in [0.29, 0.717) is 49.9 Å². The van der Waals surface area contributed by atoms with Crippen LogP contribution < -0.4 is 10.6 Å². The van der Waals surface area contributed by atoms with E-state index in [9.17, 15) is 14.4 Å². The molecule has 47 heavy (non-hydrogen) atoms. The van der Waals surface area contributed by atoms with Crippen molar-refractivity contribution in [3.63, 3.8) is 0 Å². The molecular weight excluding hydrogens is 617 g/mol. The van der Waals surface area contributed by atoms with E-state index in [1.54, 1.807) is 16.8 Å². The molecule has 6 rings (SSSR count). The van der Waals surface area contributed by atoms with Crippen LogP contribution in [0, 0.1) is 11.2 Å². The molecule has 2 atom stereocenters. The first kappa shape index (κ1) is 33.5. The molecule has 3 aliphatic heterocycles. The number of imidazole rings is 1. The number of amides is 2. The number of anilines is 1. The summed E-state index contributed by atoms with van der Waals surface area (Å²) in [4.78, 5) is 55.8. The number of H-pyrrole nitrogens is 1. The molecule has 3 fully saturated rings. The predicted molar refractivity (Wildman–Crippen MR) is 185 cm³/mol. The normalized spacial score (nSPS) is 21.9. The van der Waals surface area contributed by atoms with Gasteiger partial charge in [0, 0.05) is 76.1 Å². The van der Waals surface area contributed by atoms with Crippen LogP contribution in [0.15, 0.2) is 41.3 Å². The Kier molecular flexibility index (Phi) is 9.71. The van der Waals surface area contributed by atoms with Gasteiger partial charge in [0.15, 0.2) is 5.65 Å². The van der Waals surface area contributed by atoms with Gasteiger partial charge in [0.1, 0.15) is 11.2 Å². The average molecular weight is 666 g/mol. The number of pyridine rings is 1. The fraction of sp³-hybridized carbons (Fsp3) is 0.600. The summed E-state index contributed by atoms with van der Waals surface area (Å²) < 4.78 is 17.4. The van der Waals surface area contributed by atoms with Gasteiger partial charge in [-0.2, -0.15) is 0 Å². The number of benzene rings is 1. The molecule has 3 saturated heterocycles. The van der Waals surface area contributed by atoms with Crippen molar-refractivity contribution in [2.45, 2.75) is 83.0 Å². The lowest BCUT2D eigenvalue weighted by Gasteiger charge is -2.40. The molecule has 3 aromatic rings. The van der Waals surface area contributed by atoms with E-state index < -0.39 is 5.25 Å². The van der Waals surface area contributed by atoms with Gasteiger partial charge in [-0.05, 0) is 56.7 Å². The molecular formula is C35H48FN7O3S. The molecule has 3 aliphatic rings. The second-order valence-corrected chi connectivity index (χ2v) is 15.9. The summed E-state index contributed by atoms with van der Waals surface area (Å²) in [5, 5.41) is -0.911. The van der Waals surface area contributed by atoms with Crippen LogP contribution in [0.5, 0.6) is 0 Å². The van der Waals surface area contributed by atoms with E-state index in [-0.39, 0.29) is 46.6 Å². The Balaban J connectivity index is 1.18. The minimum Gasteiger partial charge on any atom is -0.366 e. The largest absolute Gasteiger partial charge is 0.366 e. The molecule has 0 bridgehead atoms. The highest BCUT2D eigenvalue weighted by atomic mass is 32.2. The van der Waals surface area contributed by atoms with E-state index in [4.69, 9.17) is 0 Å². The van der Waals surface area contributed by atoms with Crippen LogP contribution in [0.4, 0.5) is 10.1 Å². The lowest BCUT2D eigenvalue weighted by molar-refractivity contribution is -0.136. The van der Waals surface area contributed by atoms with E-state index in [2.05, 4.69) is 54.4 Å². The number of piperidine rings is 1. The first-order valence-corrected chi connectivity index (χ1v) is 17.9. The monoisotopic (exact) mass is 665 g/mol. The SMILES string of the molecule is CC(C)N1CCN(c2c(F)cccc2C2SC(CC(=O)N3CCC(n4c(=O)[nH]c5ncccc54)CC3)C(=O)N2CCC(C)(C)C)CC1. The Bertz CT molecular complexity index is 1650. The molecule has 0 spiro atoms. The number of carbonyl (C=O) groups excluding carboxylic acids is 2. The van der Waals surface area contributed by atoms with E-state index in [0.717, 1.165) is 43.7 Å². The van der Waals surface area contributed by atoms with Crippen molar-refractivity contribution in [2.24, 2.45) is 5.41 Å². The lowest BCUT2D eigenvalue weighted by atomic mass is 9.92. The maximum atomic E-state index is 15.7. The zero-order valence-electron chi connectivity index (χ0n) is 28.2. The Hall–Kier alpha value is -3.38. The molecule has 2 aromatic heterocycles. The van der Waals surface area contributed by atoms with Crippen molar-refractivity contribution in [3.8, 4) is 0 Å². The first-order valence-electron chi connectivity index (χ1n) is 17.0. The number of fused-ring (bicyclic) bond motifs is 1. The van der Waals surface area contributed by atoms with Crippen LogP contribution in [-0.2, 0) is 9.59 Å². The number of aromatic amines is 1. The summed E-state index contributed by atoms with van der Waals surface area (Å²) in [5.41, 5.74) is 2.56. The van der Waals surface area contributed by atoms with Crippen molar-refractivity contribution in [1.29, 1.82) is 0 Å². The van der Waals surface area contributed by atoms with Crippen molar-refractivity contribution in [3.05, 3.63) is 58.4 Å². The number of rotatable bonds is 8. The summed E-state index contributed by atoms with van der Waals surface area (Å²) in [6, 6.07) is 9.32. The number of nitrogens with zero attached hydrogens (tertiary/aromatic N) is 6. The standard InChI is InChI=1S/C35H48FN7O3S/c1-23(2)39-18-20-41(21-19-39)30-25(8-6-9-26(30)36)33-42(17-13-35(3,4)5)32(45)28(47-33)22-29(44)40-15-11-24(12-16-40)43-27-10-7-14-37-31(27)38-34(43)46/h6-10,14,23-24,28,33H,11-13,15-22H2,1-5H3,(H,37,38,46). The van der Waals surface area contributed by atoms with Gasteiger partial charge in [-0.15, -0.1) is 11.8 Å². The quantitative estimate of drug-likeness (QED) is 0.361. The van der Waals surface area contributed by atoms with Crippen molar-refractivity contribution < 1.29 is 14.0 Å². The van der Waals surface area contributed by atoms with Crippen LogP contribution in [-0.4, -0.2) is 98.2 Å². The maximum absolute atomic E-state index is 15.7. The van der Waals surface area contributed by atoms with Gasteiger partial charge >= 0.3 is 5.69 Å². The van der Waals surface area contributed by atoms with Gasteiger partial charge in [0.05, 0.1) is 16.5 Å². The summed E-state index contributed by atoms with van der Waals surface area (Å²) in [5.74, 6) is -0.370.